The molecule has 6 heteroatoms. The van der Waals surface area contributed by atoms with E-state index in [-0.39, 0.29) is 19.0 Å². The van der Waals surface area contributed by atoms with Gasteiger partial charge in [-0.2, -0.15) is 0 Å². The van der Waals surface area contributed by atoms with Crippen LogP contribution in [-0.4, -0.2) is 49.3 Å². The highest BCUT2D eigenvalue weighted by atomic mass is 35.5. The fraction of sp³-hybridized carbons (Fsp3) is 0.842. The summed E-state index contributed by atoms with van der Waals surface area (Å²) in [5, 5.41) is 15.6. The van der Waals surface area contributed by atoms with E-state index in [2.05, 4.69) is 28.6 Å². The molecule has 0 aliphatic carbocycles. The van der Waals surface area contributed by atoms with E-state index in [1.54, 1.807) is 0 Å². The van der Waals surface area contributed by atoms with Gasteiger partial charge >= 0.3 is 0 Å². The third-order valence-corrected chi connectivity index (χ3v) is 4.38. The van der Waals surface area contributed by atoms with E-state index in [9.17, 15) is 0 Å². The molecule has 0 aromatic heterocycles. The minimum Gasteiger partial charge on any atom is -0.394 e. The molecule has 0 amide bonds. The predicted octanol–water partition coefficient (Wildman–Crippen LogP) is 3.64. The highest BCUT2D eigenvalue weighted by Gasteiger charge is 2.12. The summed E-state index contributed by atoms with van der Waals surface area (Å²) in [4.78, 5) is 6.38. The third-order valence-electron chi connectivity index (χ3n) is 4.38. The maximum absolute atomic E-state index is 8.88. The van der Waals surface area contributed by atoms with Gasteiger partial charge in [0.05, 0.1) is 13.2 Å². The van der Waals surface area contributed by atoms with Crippen LogP contribution < -0.4 is 10.6 Å². The van der Waals surface area contributed by atoms with Crippen molar-refractivity contribution in [2.75, 3.05) is 33.3 Å². The van der Waals surface area contributed by atoms with Crippen LogP contribution in [0.2, 0.25) is 0 Å². The fourth-order valence-corrected chi connectivity index (χ4v) is 2.85. The molecule has 5 nitrogen and oxygen atoms in total. The van der Waals surface area contributed by atoms with Crippen molar-refractivity contribution in [3.63, 3.8) is 0 Å². The van der Waals surface area contributed by atoms with Crippen molar-refractivity contribution >= 4 is 18.4 Å². The normalized spacial score (nSPS) is 15.6. The molecule has 1 heterocycles. The molecule has 0 saturated heterocycles. The maximum atomic E-state index is 8.88. The molecule has 0 saturated carbocycles. The average Bonchev–Trinajstić information content (AvgIpc) is 2.59. The molecule has 0 fully saturated rings. The molecule has 0 spiro atoms. The Bertz CT molecular complexity index is 374. The lowest BCUT2D eigenvalue weighted by Gasteiger charge is -2.27. The first-order valence-electron chi connectivity index (χ1n) is 9.85. The molecule has 25 heavy (non-hydrogen) atoms. The summed E-state index contributed by atoms with van der Waals surface area (Å²) in [6.45, 7) is 4.65. The van der Waals surface area contributed by atoms with Crippen molar-refractivity contribution in [3.8, 4) is 0 Å². The number of unbranched alkanes of at least 4 members (excludes halogenated alkanes) is 9. The summed E-state index contributed by atoms with van der Waals surface area (Å²) >= 11 is 0. The second kappa shape index (κ2) is 16.5. The second-order valence-corrected chi connectivity index (χ2v) is 6.66. The van der Waals surface area contributed by atoms with Crippen LogP contribution in [0.4, 0.5) is 0 Å². The van der Waals surface area contributed by atoms with Gasteiger partial charge in [0, 0.05) is 20.1 Å². The summed E-state index contributed by atoms with van der Waals surface area (Å²) in [5.74, 6) is 1.87. The van der Waals surface area contributed by atoms with E-state index in [0.29, 0.717) is 6.54 Å². The maximum Gasteiger partial charge on any atom is 0.199 e. The molecule has 1 aliphatic rings. The quantitative estimate of drug-likeness (QED) is 0.406. The Kier molecular flexibility index (Phi) is 15.9. The van der Waals surface area contributed by atoms with Crippen LogP contribution in [0.1, 0.15) is 71.1 Å². The molecule has 0 aromatic carbocycles. The zero-order chi connectivity index (χ0) is 17.5. The van der Waals surface area contributed by atoms with Gasteiger partial charge in [-0.05, 0) is 12.5 Å². The highest BCUT2D eigenvalue weighted by Crippen LogP contribution is 2.10. The van der Waals surface area contributed by atoms with Gasteiger partial charge < -0.3 is 20.6 Å². The molecular weight excluding hydrogens is 336 g/mol. The zero-order valence-electron chi connectivity index (χ0n) is 16.2. The summed E-state index contributed by atoms with van der Waals surface area (Å²) < 4.78 is 0. The Morgan fingerprint density at radius 3 is 2.28 bits per heavy atom. The van der Waals surface area contributed by atoms with E-state index in [4.69, 9.17) is 5.11 Å². The Hall–Kier alpha value is -0.940. The highest BCUT2D eigenvalue weighted by molar-refractivity contribution is 5.85. The SMILES string of the molecule is CCCCCCCCCCCCNC1=CCN(C)C(=NCCO)N1.Cl. The van der Waals surface area contributed by atoms with Gasteiger partial charge in [0.15, 0.2) is 5.96 Å². The Morgan fingerprint density at radius 2 is 1.68 bits per heavy atom. The predicted molar refractivity (Wildman–Crippen MR) is 110 cm³/mol. The first-order chi connectivity index (χ1) is 11.8. The van der Waals surface area contributed by atoms with Crippen LogP contribution in [0.25, 0.3) is 0 Å². The number of aliphatic imine (C=N–C) groups is 1. The lowest BCUT2D eigenvalue weighted by Crippen LogP contribution is -2.46. The number of rotatable bonds is 14. The Morgan fingerprint density at radius 1 is 1.08 bits per heavy atom. The monoisotopic (exact) mass is 374 g/mol. The topological polar surface area (TPSA) is 59.9 Å². The average molecular weight is 375 g/mol. The molecule has 0 atom stereocenters. The van der Waals surface area contributed by atoms with E-state index < -0.39 is 0 Å². The van der Waals surface area contributed by atoms with Crippen LogP contribution in [0.3, 0.4) is 0 Å². The number of likely N-dealkylation sites (N-methyl/N-ethyl adjacent to an activating group) is 1. The van der Waals surface area contributed by atoms with Gasteiger partial charge in [-0.3, -0.25) is 4.99 Å². The number of aliphatic hydroxyl groups is 1. The van der Waals surface area contributed by atoms with Crippen LogP contribution in [-0.2, 0) is 0 Å². The number of aliphatic hydroxyl groups excluding tert-OH is 1. The largest absolute Gasteiger partial charge is 0.394 e. The minimum absolute atomic E-state index is 0. The molecule has 3 N–H and O–H groups in total. The summed E-state index contributed by atoms with van der Waals surface area (Å²) in [6, 6.07) is 0. The van der Waals surface area contributed by atoms with Crippen LogP contribution in [0.5, 0.6) is 0 Å². The van der Waals surface area contributed by atoms with Crippen LogP contribution >= 0.6 is 12.4 Å². The van der Waals surface area contributed by atoms with Gasteiger partial charge in [-0.1, -0.05) is 64.7 Å². The van der Waals surface area contributed by atoms with E-state index in [0.717, 1.165) is 24.9 Å². The van der Waals surface area contributed by atoms with Crippen LogP contribution in [0, 0.1) is 0 Å². The van der Waals surface area contributed by atoms with Crippen molar-refractivity contribution in [2.45, 2.75) is 71.1 Å². The van der Waals surface area contributed by atoms with E-state index >= 15 is 0 Å². The number of guanidine groups is 1. The van der Waals surface area contributed by atoms with Gasteiger partial charge in [0.2, 0.25) is 0 Å². The van der Waals surface area contributed by atoms with Crippen LogP contribution in [0.15, 0.2) is 16.9 Å². The van der Waals surface area contributed by atoms with E-state index in [1.807, 2.05) is 11.9 Å². The van der Waals surface area contributed by atoms with Crippen molar-refractivity contribution in [3.05, 3.63) is 11.9 Å². The number of halogens is 1. The fourth-order valence-electron chi connectivity index (χ4n) is 2.85. The van der Waals surface area contributed by atoms with Gasteiger partial charge in [0.1, 0.15) is 5.82 Å². The van der Waals surface area contributed by atoms with Gasteiger partial charge in [0.25, 0.3) is 0 Å². The lowest BCUT2D eigenvalue weighted by atomic mass is 10.1. The van der Waals surface area contributed by atoms with Crippen molar-refractivity contribution < 1.29 is 5.11 Å². The molecule has 148 valence electrons. The number of nitrogens with zero attached hydrogens (tertiary/aromatic N) is 2. The molecule has 0 radical (unpaired) electrons. The summed E-state index contributed by atoms with van der Waals surface area (Å²) in [7, 11) is 2.00. The number of hydrogen-bond donors (Lipinski definition) is 3. The Balaban J connectivity index is 0.00000576. The third kappa shape index (κ3) is 12.1. The molecular formula is C19H39ClN4O. The summed E-state index contributed by atoms with van der Waals surface area (Å²) in [6.07, 6.45) is 15.8. The van der Waals surface area contributed by atoms with Gasteiger partial charge in [-0.15, -0.1) is 12.4 Å². The standard InChI is InChI=1S/C19H38N4O.ClH/c1-3-4-5-6-7-8-9-10-11-12-14-20-18-13-16-23(2)19(22-18)21-15-17-24;/h13,20,24H,3-12,14-17H2,1-2H3,(H,21,22);1H. The first kappa shape index (κ1) is 24.1. The lowest BCUT2D eigenvalue weighted by molar-refractivity contribution is 0.305. The second-order valence-electron chi connectivity index (χ2n) is 6.66. The van der Waals surface area contributed by atoms with Crippen molar-refractivity contribution in [1.29, 1.82) is 0 Å². The molecule has 0 aromatic rings. The number of hydrogen-bond acceptors (Lipinski definition) is 3. The Labute approximate surface area is 160 Å². The van der Waals surface area contributed by atoms with Crippen molar-refractivity contribution in [2.24, 2.45) is 4.99 Å². The van der Waals surface area contributed by atoms with Gasteiger partial charge in [-0.25, -0.2) is 0 Å². The smallest absolute Gasteiger partial charge is 0.199 e. The minimum atomic E-state index is 0. The molecule has 1 aliphatic heterocycles. The zero-order valence-corrected chi connectivity index (χ0v) is 17.0. The number of nitrogens with one attached hydrogen (secondary N) is 2. The van der Waals surface area contributed by atoms with Crippen molar-refractivity contribution in [1.82, 2.24) is 15.5 Å². The summed E-state index contributed by atoms with van der Waals surface area (Å²) in [5.41, 5.74) is 0. The first-order valence-corrected chi connectivity index (χ1v) is 9.85. The van der Waals surface area contributed by atoms with E-state index in [1.165, 1.54) is 64.2 Å². The molecule has 0 bridgehead atoms. The molecule has 0 unspecified atom stereocenters. The molecule has 1 rings (SSSR count).